The third-order valence-electron chi connectivity index (χ3n) is 5.05. The number of anilines is 1. The van der Waals surface area contributed by atoms with E-state index in [4.69, 9.17) is 10.6 Å². The number of carbonyl (C=O) groups is 3. The summed E-state index contributed by atoms with van der Waals surface area (Å²) in [6.45, 7) is 0. The molecule has 0 saturated carbocycles. The van der Waals surface area contributed by atoms with Gasteiger partial charge in [-0.05, 0) is 18.0 Å². The number of oxime groups is 1. The number of rotatable bonds is 7. The molecule has 1 saturated heterocycles. The number of carboxylic acids is 1. The molecule has 2 aromatic rings. The lowest BCUT2D eigenvalue weighted by atomic mass is 9.94. The van der Waals surface area contributed by atoms with Crippen molar-refractivity contribution in [2.24, 2.45) is 12.2 Å². The third kappa shape index (κ3) is 3.95. The smallest absolute Gasteiger partial charge is 0.357 e. The first-order chi connectivity index (χ1) is 15.8. The third-order valence-corrected chi connectivity index (χ3v) is 7.75. The number of β-lactam (4-membered cyclic amide) rings is 1. The number of thioether (sulfide) groups is 2. The van der Waals surface area contributed by atoms with E-state index in [1.165, 1.54) is 35.5 Å². The number of aromatic nitrogens is 3. The van der Waals surface area contributed by atoms with Gasteiger partial charge in [0.25, 0.3) is 11.8 Å². The average Bonchev–Trinajstić information content (AvgIpc) is 3.39. The molecule has 1 fully saturated rings. The fourth-order valence-corrected chi connectivity index (χ4v) is 6.21. The van der Waals surface area contributed by atoms with E-state index >= 15 is 0 Å². The zero-order valence-electron chi connectivity index (χ0n) is 17.7. The van der Waals surface area contributed by atoms with E-state index in [0.717, 1.165) is 16.5 Å². The second kappa shape index (κ2) is 9.07. The Hall–Kier alpha value is -3.04. The van der Waals surface area contributed by atoms with Crippen LogP contribution < -0.4 is 15.6 Å². The lowest BCUT2D eigenvalue weighted by Gasteiger charge is -2.48. The fourth-order valence-electron chi connectivity index (χ4n) is 3.63. The number of carboxylic acid groups (broad SMARTS) is 1. The summed E-state index contributed by atoms with van der Waals surface area (Å²) < 4.78 is 3.62. The van der Waals surface area contributed by atoms with Crippen LogP contribution in [0.1, 0.15) is 5.69 Å². The van der Waals surface area contributed by atoms with Crippen LogP contribution in [0.25, 0.3) is 5.03 Å². The number of amides is 2. The maximum atomic E-state index is 13.0. The number of hydrogen-bond donors (Lipinski definition) is 3. The van der Waals surface area contributed by atoms with Crippen LogP contribution in [0.5, 0.6) is 0 Å². The largest absolute Gasteiger partial charge is 0.476 e. The SMILES string of the molecule is CON=C(C(=O)NC1C(=O)N2C(C(=O)O)=C(n3cc[n+](C)c3SC)SCC12)c1csc(N)n1. The topological polar surface area (TPSA) is 156 Å². The van der Waals surface area contributed by atoms with E-state index in [1.54, 1.807) is 16.1 Å². The lowest BCUT2D eigenvalue weighted by molar-refractivity contribution is -0.708. The molecule has 33 heavy (non-hydrogen) atoms. The highest BCUT2D eigenvalue weighted by Crippen LogP contribution is 2.42. The van der Waals surface area contributed by atoms with Gasteiger partial charge in [0.05, 0.1) is 13.1 Å². The Morgan fingerprint density at radius 2 is 2.24 bits per heavy atom. The van der Waals surface area contributed by atoms with E-state index in [2.05, 4.69) is 15.5 Å². The molecule has 2 aromatic heterocycles. The highest BCUT2D eigenvalue weighted by atomic mass is 32.2. The summed E-state index contributed by atoms with van der Waals surface area (Å²) in [5.74, 6) is -2.00. The number of nitrogen functional groups attached to an aromatic ring is 1. The van der Waals surface area contributed by atoms with Gasteiger partial charge < -0.3 is 21.0 Å². The van der Waals surface area contributed by atoms with Crippen molar-refractivity contribution in [2.45, 2.75) is 17.2 Å². The molecule has 2 aliphatic heterocycles. The summed E-state index contributed by atoms with van der Waals surface area (Å²) in [4.78, 5) is 48.0. The molecule has 0 spiro atoms. The maximum Gasteiger partial charge on any atom is 0.357 e. The minimum atomic E-state index is -1.22. The van der Waals surface area contributed by atoms with Crippen molar-refractivity contribution in [3.63, 3.8) is 0 Å². The Kier molecular flexibility index (Phi) is 6.36. The molecule has 4 rings (SSSR count). The number of carbonyl (C=O) groups excluding carboxylic acids is 2. The fraction of sp³-hybridized carbons (Fsp3) is 0.333. The minimum Gasteiger partial charge on any atom is -0.476 e. The van der Waals surface area contributed by atoms with Crippen LogP contribution in [-0.4, -0.2) is 74.3 Å². The van der Waals surface area contributed by atoms with E-state index in [1.807, 2.05) is 24.1 Å². The zero-order chi connectivity index (χ0) is 23.9. The van der Waals surface area contributed by atoms with Gasteiger partial charge in [-0.15, -0.1) is 11.3 Å². The summed E-state index contributed by atoms with van der Waals surface area (Å²) in [5.41, 5.74) is 5.62. The number of nitrogens with two attached hydrogens (primary N) is 1. The van der Waals surface area contributed by atoms with Crippen LogP contribution in [-0.2, 0) is 26.3 Å². The van der Waals surface area contributed by atoms with Crippen molar-refractivity contribution in [3.8, 4) is 0 Å². The van der Waals surface area contributed by atoms with Gasteiger partial charge in [0.15, 0.2) is 21.6 Å². The van der Waals surface area contributed by atoms with Gasteiger partial charge in [-0.1, -0.05) is 16.9 Å². The molecule has 0 aromatic carbocycles. The standard InChI is InChI=1S/C18H19N7O5S3/c1-23-4-5-24(18(23)31-3)15-12(16(28)29)25-9(7-32-15)11(14(25)27)21-13(26)10(22-30-2)8-6-33-17(19)20-8/h4-6,9,11H,7H2,1-3H3,(H3-,19,20,21,26,28,29)/p+1. The van der Waals surface area contributed by atoms with Gasteiger partial charge in [-0.3, -0.25) is 14.5 Å². The first-order valence-electron chi connectivity index (χ1n) is 9.46. The van der Waals surface area contributed by atoms with E-state index in [-0.39, 0.29) is 22.2 Å². The number of thiazole rings is 1. The Morgan fingerprint density at radius 3 is 2.85 bits per heavy atom. The van der Waals surface area contributed by atoms with Crippen molar-refractivity contribution < 1.29 is 28.9 Å². The van der Waals surface area contributed by atoms with Crippen molar-refractivity contribution in [2.75, 3.05) is 24.9 Å². The summed E-state index contributed by atoms with van der Waals surface area (Å²) >= 11 is 3.91. The highest BCUT2D eigenvalue weighted by Gasteiger charge is 2.55. The molecule has 0 bridgehead atoms. The number of nitrogens with one attached hydrogen (secondary N) is 1. The second-order valence-corrected chi connectivity index (χ2v) is 9.63. The number of aliphatic carboxylic acids is 1. The molecule has 2 atom stereocenters. The summed E-state index contributed by atoms with van der Waals surface area (Å²) in [5, 5.41) is 19.3. The molecule has 4 heterocycles. The molecule has 2 aliphatic rings. The van der Waals surface area contributed by atoms with E-state index < -0.39 is 29.9 Å². The van der Waals surface area contributed by atoms with Gasteiger partial charge in [0, 0.05) is 11.1 Å². The number of imidazole rings is 1. The van der Waals surface area contributed by atoms with Crippen LogP contribution in [0.4, 0.5) is 5.13 Å². The molecule has 0 aliphatic carbocycles. The number of fused-ring (bicyclic) bond motifs is 1. The normalized spacial score (nSPS) is 20.4. The zero-order valence-corrected chi connectivity index (χ0v) is 20.2. The highest BCUT2D eigenvalue weighted by molar-refractivity contribution is 8.08. The van der Waals surface area contributed by atoms with Crippen molar-refractivity contribution in [1.82, 2.24) is 19.8 Å². The Morgan fingerprint density at radius 1 is 1.48 bits per heavy atom. The van der Waals surface area contributed by atoms with E-state index in [9.17, 15) is 19.5 Å². The number of hydrogen-bond acceptors (Lipinski definition) is 10. The molecule has 174 valence electrons. The maximum absolute atomic E-state index is 13.0. The molecular formula is C18H20N7O5S3+. The molecule has 4 N–H and O–H groups in total. The molecular weight excluding hydrogens is 490 g/mol. The summed E-state index contributed by atoms with van der Waals surface area (Å²) in [7, 11) is 3.14. The Labute approximate surface area is 200 Å². The molecule has 15 heteroatoms. The first-order valence-corrected chi connectivity index (χ1v) is 12.6. The minimum absolute atomic E-state index is 0.115. The van der Waals surface area contributed by atoms with Crippen LogP contribution in [0.2, 0.25) is 0 Å². The van der Waals surface area contributed by atoms with Crippen molar-refractivity contribution >= 4 is 68.5 Å². The average molecular weight is 511 g/mol. The van der Waals surface area contributed by atoms with Crippen LogP contribution >= 0.6 is 34.9 Å². The predicted molar refractivity (Wildman–Crippen MR) is 123 cm³/mol. The lowest BCUT2D eigenvalue weighted by Crippen LogP contribution is -2.73. The quantitative estimate of drug-likeness (QED) is 0.151. The summed E-state index contributed by atoms with van der Waals surface area (Å²) in [6.07, 6.45) is 5.46. The predicted octanol–water partition coefficient (Wildman–Crippen LogP) is -0.223. The van der Waals surface area contributed by atoms with Crippen LogP contribution in [0.15, 0.2) is 33.8 Å². The monoisotopic (exact) mass is 510 g/mol. The number of aryl methyl sites for hydroxylation is 1. The van der Waals surface area contributed by atoms with E-state index in [0.29, 0.717) is 10.8 Å². The van der Waals surface area contributed by atoms with Crippen molar-refractivity contribution in [1.29, 1.82) is 0 Å². The first kappa shape index (κ1) is 23.1. The van der Waals surface area contributed by atoms with Gasteiger partial charge >= 0.3 is 11.1 Å². The molecule has 2 amide bonds. The van der Waals surface area contributed by atoms with Gasteiger partial charge in [0.2, 0.25) is 0 Å². The summed E-state index contributed by atoms with van der Waals surface area (Å²) in [6, 6.07) is -1.42. The van der Waals surface area contributed by atoms with Gasteiger partial charge in [-0.2, -0.15) is 4.57 Å². The molecule has 2 unspecified atom stereocenters. The van der Waals surface area contributed by atoms with Crippen LogP contribution in [0, 0.1) is 0 Å². The Balaban J connectivity index is 1.60. The van der Waals surface area contributed by atoms with Gasteiger partial charge in [0.1, 0.15) is 31.2 Å². The van der Waals surface area contributed by atoms with Gasteiger partial charge in [-0.25, -0.2) is 14.3 Å². The molecule has 0 radical (unpaired) electrons. The van der Waals surface area contributed by atoms with Crippen LogP contribution in [0.3, 0.4) is 0 Å². The van der Waals surface area contributed by atoms with Crippen molar-refractivity contribution in [3.05, 3.63) is 29.2 Å². The second-order valence-electron chi connectivity index (χ2n) is 6.96. The number of nitrogens with zero attached hydrogens (tertiary/aromatic N) is 5. The Bertz CT molecular complexity index is 1200. The molecule has 12 nitrogen and oxygen atoms in total.